The quantitative estimate of drug-likeness (QED) is 0.426. The third kappa shape index (κ3) is 3.81. The summed E-state index contributed by atoms with van der Waals surface area (Å²) < 4.78 is 0.718. The highest BCUT2D eigenvalue weighted by Crippen LogP contribution is 2.34. The predicted octanol–water partition coefficient (Wildman–Crippen LogP) is 4.21. The molecule has 0 heterocycles. The van der Waals surface area contributed by atoms with Gasteiger partial charge in [-0.05, 0) is 59.9 Å². The topological polar surface area (TPSA) is 46.4 Å². The second kappa shape index (κ2) is 6.07. The molecule has 1 aromatic rings. The Bertz CT molecular complexity index is 473. The molecule has 2 rings (SSSR count). The first-order chi connectivity index (χ1) is 8.99. The Kier molecular flexibility index (Phi) is 4.65. The van der Waals surface area contributed by atoms with E-state index in [9.17, 15) is 10.1 Å². The second-order valence-electron chi connectivity index (χ2n) is 5.50. The van der Waals surface area contributed by atoms with Gasteiger partial charge in [0.1, 0.15) is 0 Å². The van der Waals surface area contributed by atoms with Gasteiger partial charge in [-0.1, -0.05) is 13.8 Å². The van der Waals surface area contributed by atoms with Crippen LogP contribution < -0.4 is 4.90 Å². The minimum absolute atomic E-state index is 0.198. The Labute approximate surface area is 127 Å². The highest BCUT2D eigenvalue weighted by molar-refractivity contribution is 14.1. The third-order valence-electron chi connectivity index (χ3n) is 3.39. The molecule has 1 fully saturated rings. The molecule has 0 atom stereocenters. The molecule has 1 aliphatic rings. The van der Waals surface area contributed by atoms with Crippen LogP contribution in [-0.4, -0.2) is 17.5 Å². The van der Waals surface area contributed by atoms with Crippen LogP contribution in [-0.2, 0) is 0 Å². The normalized spacial score (nSPS) is 14.7. The Hall–Kier alpha value is -0.850. The lowest BCUT2D eigenvalue weighted by atomic mass is 10.1. The molecular formula is C14H19IN2O2. The SMILES string of the molecule is CC(C)CCN(c1ccc([N+](=O)[O-])c(I)c1)C1CC1. The summed E-state index contributed by atoms with van der Waals surface area (Å²) in [4.78, 5) is 12.9. The summed E-state index contributed by atoms with van der Waals surface area (Å²) in [5.41, 5.74) is 1.32. The molecule has 19 heavy (non-hydrogen) atoms. The van der Waals surface area contributed by atoms with Gasteiger partial charge in [-0.25, -0.2) is 0 Å². The first kappa shape index (κ1) is 14.6. The third-order valence-corrected chi connectivity index (χ3v) is 4.26. The average Bonchev–Trinajstić information content (AvgIpc) is 3.13. The van der Waals surface area contributed by atoms with Crippen molar-refractivity contribution in [2.75, 3.05) is 11.4 Å². The molecule has 1 saturated carbocycles. The lowest BCUT2D eigenvalue weighted by molar-refractivity contribution is -0.385. The number of nitro groups is 1. The van der Waals surface area contributed by atoms with E-state index in [0.29, 0.717) is 12.0 Å². The average molecular weight is 374 g/mol. The molecule has 5 heteroatoms. The molecule has 1 aromatic carbocycles. The van der Waals surface area contributed by atoms with Crippen molar-refractivity contribution in [3.05, 3.63) is 31.9 Å². The summed E-state index contributed by atoms with van der Waals surface area (Å²) in [6, 6.07) is 6.09. The molecule has 4 nitrogen and oxygen atoms in total. The van der Waals surface area contributed by atoms with E-state index in [1.54, 1.807) is 6.07 Å². The summed E-state index contributed by atoms with van der Waals surface area (Å²) in [7, 11) is 0. The maximum Gasteiger partial charge on any atom is 0.282 e. The van der Waals surface area contributed by atoms with Crippen molar-refractivity contribution in [3.63, 3.8) is 0 Å². The molecule has 0 aromatic heterocycles. The van der Waals surface area contributed by atoms with E-state index in [1.807, 2.05) is 12.1 Å². The van der Waals surface area contributed by atoms with Crippen LogP contribution in [0.1, 0.15) is 33.1 Å². The highest BCUT2D eigenvalue weighted by Gasteiger charge is 2.29. The largest absolute Gasteiger partial charge is 0.369 e. The molecule has 0 saturated heterocycles. The molecular weight excluding hydrogens is 355 g/mol. The Balaban J connectivity index is 2.17. The maximum atomic E-state index is 10.9. The molecule has 0 aliphatic heterocycles. The van der Waals surface area contributed by atoms with Gasteiger partial charge in [0.15, 0.2) is 0 Å². The molecule has 0 N–H and O–H groups in total. The number of nitrogens with zero attached hydrogens (tertiary/aromatic N) is 2. The summed E-state index contributed by atoms with van der Waals surface area (Å²) in [6.45, 7) is 5.49. The smallest absolute Gasteiger partial charge is 0.282 e. The van der Waals surface area contributed by atoms with Crippen molar-refractivity contribution in [1.82, 2.24) is 0 Å². The van der Waals surface area contributed by atoms with E-state index in [1.165, 1.54) is 12.8 Å². The second-order valence-corrected chi connectivity index (χ2v) is 6.66. The molecule has 104 valence electrons. The Morgan fingerprint density at radius 2 is 2.16 bits per heavy atom. The van der Waals surface area contributed by atoms with Crippen molar-refractivity contribution in [1.29, 1.82) is 0 Å². The van der Waals surface area contributed by atoms with Crippen molar-refractivity contribution >= 4 is 34.0 Å². The van der Waals surface area contributed by atoms with Crippen LogP contribution in [0.3, 0.4) is 0 Å². The molecule has 0 bridgehead atoms. The predicted molar refractivity (Wildman–Crippen MR) is 85.6 cm³/mol. The standard InChI is InChI=1S/C14H19IN2O2/c1-10(2)7-8-16(11-3-4-11)12-5-6-14(17(18)19)13(15)9-12/h5-6,9-11H,3-4,7-8H2,1-2H3. The van der Waals surface area contributed by atoms with Gasteiger partial charge in [0, 0.05) is 24.3 Å². The molecule has 0 radical (unpaired) electrons. The van der Waals surface area contributed by atoms with Gasteiger partial charge >= 0.3 is 0 Å². The number of anilines is 1. The van der Waals surface area contributed by atoms with Crippen LogP contribution >= 0.6 is 22.6 Å². The summed E-state index contributed by atoms with van der Waals surface area (Å²) in [6.07, 6.45) is 3.64. The molecule has 1 aliphatic carbocycles. The Morgan fingerprint density at radius 1 is 1.47 bits per heavy atom. The lowest BCUT2D eigenvalue weighted by Crippen LogP contribution is -2.27. The van der Waals surface area contributed by atoms with E-state index in [4.69, 9.17) is 0 Å². The van der Waals surface area contributed by atoms with Gasteiger partial charge < -0.3 is 4.90 Å². The lowest BCUT2D eigenvalue weighted by Gasteiger charge is -2.25. The first-order valence-corrected chi connectivity index (χ1v) is 7.77. The zero-order chi connectivity index (χ0) is 14.0. The van der Waals surface area contributed by atoms with Gasteiger partial charge in [0.05, 0.1) is 8.49 Å². The zero-order valence-electron chi connectivity index (χ0n) is 11.3. The zero-order valence-corrected chi connectivity index (χ0v) is 13.5. The van der Waals surface area contributed by atoms with E-state index >= 15 is 0 Å². The van der Waals surface area contributed by atoms with E-state index in [-0.39, 0.29) is 10.6 Å². The maximum absolute atomic E-state index is 10.9. The van der Waals surface area contributed by atoms with Gasteiger partial charge in [-0.15, -0.1) is 0 Å². The fourth-order valence-electron chi connectivity index (χ4n) is 2.13. The highest BCUT2D eigenvalue weighted by atomic mass is 127. The van der Waals surface area contributed by atoms with E-state index < -0.39 is 0 Å². The van der Waals surface area contributed by atoms with Gasteiger partial charge in [-0.3, -0.25) is 10.1 Å². The van der Waals surface area contributed by atoms with Crippen molar-refractivity contribution in [2.24, 2.45) is 5.92 Å². The van der Waals surface area contributed by atoms with Crippen molar-refractivity contribution in [2.45, 2.75) is 39.2 Å². The van der Waals surface area contributed by atoms with Crippen LogP contribution in [0.2, 0.25) is 0 Å². The Morgan fingerprint density at radius 3 is 2.63 bits per heavy atom. The number of nitro benzene ring substituents is 1. The molecule has 0 amide bonds. The first-order valence-electron chi connectivity index (χ1n) is 6.69. The van der Waals surface area contributed by atoms with Gasteiger partial charge in [0.2, 0.25) is 0 Å². The number of hydrogen-bond donors (Lipinski definition) is 0. The number of hydrogen-bond acceptors (Lipinski definition) is 3. The van der Waals surface area contributed by atoms with E-state index in [2.05, 4.69) is 41.3 Å². The molecule has 0 spiro atoms. The summed E-state index contributed by atoms with van der Waals surface area (Å²) in [5, 5.41) is 10.9. The van der Waals surface area contributed by atoms with Crippen LogP contribution in [0.5, 0.6) is 0 Å². The monoisotopic (exact) mass is 374 g/mol. The van der Waals surface area contributed by atoms with Crippen LogP contribution in [0.4, 0.5) is 11.4 Å². The summed E-state index contributed by atoms with van der Waals surface area (Å²) >= 11 is 2.05. The van der Waals surface area contributed by atoms with Crippen molar-refractivity contribution in [3.8, 4) is 0 Å². The summed E-state index contributed by atoms with van der Waals surface area (Å²) in [5.74, 6) is 0.679. The number of halogens is 1. The van der Waals surface area contributed by atoms with Gasteiger partial charge in [0.25, 0.3) is 5.69 Å². The van der Waals surface area contributed by atoms with Gasteiger partial charge in [-0.2, -0.15) is 0 Å². The minimum atomic E-state index is -0.318. The van der Waals surface area contributed by atoms with Crippen molar-refractivity contribution < 1.29 is 4.92 Å². The fraction of sp³-hybridized carbons (Fsp3) is 0.571. The van der Waals surface area contributed by atoms with E-state index in [0.717, 1.165) is 22.2 Å². The minimum Gasteiger partial charge on any atom is -0.369 e. The number of rotatable bonds is 6. The molecule has 0 unspecified atom stereocenters. The van der Waals surface area contributed by atoms with Crippen LogP contribution in [0.15, 0.2) is 18.2 Å². The van der Waals surface area contributed by atoms with Crippen LogP contribution in [0, 0.1) is 19.6 Å². The number of benzene rings is 1. The fourth-order valence-corrected chi connectivity index (χ4v) is 2.82. The van der Waals surface area contributed by atoms with Crippen LogP contribution in [0.25, 0.3) is 0 Å².